The van der Waals surface area contributed by atoms with Gasteiger partial charge in [-0.3, -0.25) is 9.69 Å². The summed E-state index contributed by atoms with van der Waals surface area (Å²) in [7, 11) is 1.27. The number of hydrogen-bond donors (Lipinski definition) is 0. The fraction of sp³-hybridized carbons (Fsp3) is 0.650. The van der Waals surface area contributed by atoms with Gasteiger partial charge in [-0.05, 0) is 56.3 Å². The van der Waals surface area contributed by atoms with Crippen molar-refractivity contribution in [3.63, 3.8) is 0 Å². The zero-order valence-corrected chi connectivity index (χ0v) is 15.3. The van der Waals surface area contributed by atoms with E-state index in [4.69, 9.17) is 4.74 Å². The third-order valence-corrected chi connectivity index (χ3v) is 6.09. The third kappa shape index (κ3) is 3.43. The van der Waals surface area contributed by atoms with Gasteiger partial charge in [-0.15, -0.1) is 0 Å². The van der Waals surface area contributed by atoms with E-state index in [9.17, 15) is 13.6 Å². The quantitative estimate of drug-likeness (QED) is 0.822. The van der Waals surface area contributed by atoms with Crippen LogP contribution < -0.4 is 4.74 Å². The second-order valence-electron chi connectivity index (χ2n) is 8.16. The Morgan fingerprint density at radius 1 is 1.19 bits per heavy atom. The molecule has 1 amide bonds. The van der Waals surface area contributed by atoms with Crippen LogP contribution in [-0.4, -0.2) is 48.5 Å². The lowest BCUT2D eigenvalue weighted by molar-refractivity contribution is -0.140. The maximum atomic E-state index is 14.0. The van der Waals surface area contributed by atoms with Crippen molar-refractivity contribution in [1.29, 1.82) is 0 Å². The largest absolute Gasteiger partial charge is 0.491 e. The molecule has 0 N–H and O–H groups in total. The number of benzene rings is 1. The molecule has 2 heterocycles. The van der Waals surface area contributed by atoms with Crippen molar-refractivity contribution in [3.8, 4) is 5.75 Å². The molecular weight excluding hydrogens is 338 g/mol. The molecule has 0 aromatic heterocycles. The summed E-state index contributed by atoms with van der Waals surface area (Å²) in [6.45, 7) is 3.18. The van der Waals surface area contributed by atoms with Gasteiger partial charge in [-0.25, -0.2) is 8.78 Å². The minimum atomic E-state index is -0.655. The number of piperidine rings is 2. The van der Waals surface area contributed by atoms with Crippen molar-refractivity contribution in [2.45, 2.75) is 51.1 Å². The lowest BCUT2D eigenvalue weighted by atomic mass is 9.73. The van der Waals surface area contributed by atoms with Crippen molar-refractivity contribution < 1.29 is 18.3 Å². The van der Waals surface area contributed by atoms with Crippen LogP contribution in [0.4, 0.5) is 8.78 Å². The molecule has 1 spiro atoms. The Kier molecular flexibility index (Phi) is 4.63. The molecule has 4 rings (SSSR count). The van der Waals surface area contributed by atoms with E-state index in [1.165, 1.54) is 19.2 Å². The highest BCUT2D eigenvalue weighted by atomic mass is 19.1. The second-order valence-corrected chi connectivity index (χ2v) is 8.16. The Bertz CT molecular complexity index is 684. The standard InChI is InChI=1S/C20H26F2N2O2/c1-26-19-16(21)9-14(10-17(19)22)11-23-8-2-6-20(12-23)7-5-18(25)24(13-20)15-3-4-15/h9-10,15H,2-8,11-13H2,1H3/t20-/m1/s1. The predicted octanol–water partition coefficient (Wildman–Crippen LogP) is 3.34. The third-order valence-electron chi connectivity index (χ3n) is 6.09. The number of hydrogen-bond acceptors (Lipinski definition) is 3. The van der Waals surface area contributed by atoms with Gasteiger partial charge in [0.2, 0.25) is 5.91 Å². The average molecular weight is 364 g/mol. The molecule has 1 aromatic rings. The van der Waals surface area contributed by atoms with Crippen LogP contribution in [0.25, 0.3) is 0 Å². The van der Waals surface area contributed by atoms with Gasteiger partial charge >= 0.3 is 0 Å². The summed E-state index contributed by atoms with van der Waals surface area (Å²) < 4.78 is 32.7. The van der Waals surface area contributed by atoms with Crippen LogP contribution in [0.1, 0.15) is 44.1 Å². The molecule has 26 heavy (non-hydrogen) atoms. The zero-order chi connectivity index (χ0) is 18.3. The molecule has 142 valence electrons. The Balaban J connectivity index is 1.46. The minimum Gasteiger partial charge on any atom is -0.491 e. The van der Waals surface area contributed by atoms with Gasteiger partial charge in [0.15, 0.2) is 17.4 Å². The number of carbonyl (C=O) groups excluding carboxylic acids is 1. The van der Waals surface area contributed by atoms with Gasteiger partial charge in [0.1, 0.15) is 0 Å². The minimum absolute atomic E-state index is 0.137. The summed E-state index contributed by atoms with van der Waals surface area (Å²) in [6.07, 6.45) is 6.03. The van der Waals surface area contributed by atoms with Crippen LogP contribution in [0.3, 0.4) is 0 Å². The van der Waals surface area contributed by atoms with Crippen molar-refractivity contribution in [3.05, 3.63) is 29.3 Å². The summed E-state index contributed by atoms with van der Waals surface area (Å²) in [5.41, 5.74) is 0.766. The summed E-state index contributed by atoms with van der Waals surface area (Å²) in [5, 5.41) is 0. The molecule has 0 bridgehead atoms. The van der Waals surface area contributed by atoms with Crippen LogP contribution in [0.2, 0.25) is 0 Å². The summed E-state index contributed by atoms with van der Waals surface area (Å²) in [6, 6.07) is 3.19. The number of amides is 1. The SMILES string of the molecule is COc1c(F)cc(CN2CCC[C@@]3(CCC(=O)N(C4CC4)C3)C2)cc1F. The number of methoxy groups -OCH3 is 1. The zero-order valence-electron chi connectivity index (χ0n) is 15.3. The van der Waals surface area contributed by atoms with Crippen LogP contribution in [-0.2, 0) is 11.3 Å². The molecule has 2 aliphatic heterocycles. The lowest BCUT2D eigenvalue weighted by Crippen LogP contribution is -2.54. The van der Waals surface area contributed by atoms with E-state index in [2.05, 4.69) is 9.80 Å². The summed E-state index contributed by atoms with van der Waals surface area (Å²) in [4.78, 5) is 16.6. The number of rotatable bonds is 4. The van der Waals surface area contributed by atoms with E-state index in [0.717, 1.165) is 51.7 Å². The Morgan fingerprint density at radius 3 is 2.58 bits per heavy atom. The molecule has 3 fully saturated rings. The van der Waals surface area contributed by atoms with E-state index in [0.29, 0.717) is 30.5 Å². The van der Waals surface area contributed by atoms with Gasteiger partial charge in [0.05, 0.1) is 7.11 Å². The fourth-order valence-corrected chi connectivity index (χ4v) is 4.70. The normalized spacial score (nSPS) is 27.2. The smallest absolute Gasteiger partial charge is 0.222 e. The van der Waals surface area contributed by atoms with Gasteiger partial charge in [-0.2, -0.15) is 0 Å². The van der Waals surface area contributed by atoms with Crippen LogP contribution >= 0.6 is 0 Å². The highest BCUT2D eigenvalue weighted by Crippen LogP contribution is 2.42. The monoisotopic (exact) mass is 364 g/mol. The molecule has 0 radical (unpaired) electrons. The van der Waals surface area contributed by atoms with Crippen LogP contribution in [0.5, 0.6) is 5.75 Å². The van der Waals surface area contributed by atoms with Crippen LogP contribution in [0, 0.1) is 17.0 Å². The first kappa shape index (κ1) is 17.7. The van der Waals surface area contributed by atoms with E-state index < -0.39 is 11.6 Å². The molecule has 1 saturated carbocycles. The maximum Gasteiger partial charge on any atom is 0.222 e. The fourth-order valence-electron chi connectivity index (χ4n) is 4.70. The van der Waals surface area contributed by atoms with Gasteiger partial charge in [0, 0.05) is 37.5 Å². The summed E-state index contributed by atoms with van der Waals surface area (Å²) >= 11 is 0. The molecule has 2 saturated heterocycles. The van der Waals surface area contributed by atoms with E-state index >= 15 is 0 Å². The molecule has 1 aliphatic carbocycles. The Morgan fingerprint density at radius 2 is 1.92 bits per heavy atom. The van der Waals surface area contributed by atoms with Crippen molar-refractivity contribution in [1.82, 2.24) is 9.80 Å². The van der Waals surface area contributed by atoms with Crippen molar-refractivity contribution >= 4 is 5.91 Å². The highest BCUT2D eigenvalue weighted by molar-refractivity contribution is 5.78. The Labute approximate surface area is 153 Å². The van der Waals surface area contributed by atoms with Crippen LogP contribution in [0.15, 0.2) is 12.1 Å². The number of likely N-dealkylation sites (tertiary alicyclic amines) is 2. The van der Waals surface area contributed by atoms with Gasteiger partial charge in [-0.1, -0.05) is 0 Å². The first-order valence-corrected chi connectivity index (χ1v) is 9.53. The highest BCUT2D eigenvalue weighted by Gasteiger charge is 2.45. The molecule has 1 atom stereocenters. The average Bonchev–Trinajstić information content (AvgIpc) is 3.42. The first-order valence-electron chi connectivity index (χ1n) is 9.53. The summed E-state index contributed by atoms with van der Waals surface area (Å²) in [5.74, 6) is -1.33. The topological polar surface area (TPSA) is 32.8 Å². The molecule has 3 aliphatic rings. The number of halogens is 2. The van der Waals surface area contributed by atoms with E-state index in [-0.39, 0.29) is 11.2 Å². The second kappa shape index (κ2) is 6.80. The van der Waals surface area contributed by atoms with Crippen molar-refractivity contribution in [2.24, 2.45) is 5.41 Å². The van der Waals surface area contributed by atoms with E-state index in [1.807, 2.05) is 0 Å². The molecule has 0 unspecified atom stereocenters. The number of ether oxygens (including phenoxy) is 1. The molecule has 6 heteroatoms. The molecular formula is C20H26F2N2O2. The lowest BCUT2D eigenvalue weighted by Gasteiger charge is -2.48. The van der Waals surface area contributed by atoms with E-state index in [1.54, 1.807) is 0 Å². The van der Waals surface area contributed by atoms with Gasteiger partial charge in [0.25, 0.3) is 0 Å². The Hall–Kier alpha value is -1.69. The number of nitrogens with zero attached hydrogens (tertiary/aromatic N) is 2. The van der Waals surface area contributed by atoms with Crippen molar-refractivity contribution in [2.75, 3.05) is 26.7 Å². The predicted molar refractivity (Wildman–Crippen MR) is 93.8 cm³/mol. The first-order chi connectivity index (χ1) is 12.5. The maximum absolute atomic E-state index is 14.0. The number of carbonyl (C=O) groups is 1. The van der Waals surface area contributed by atoms with Gasteiger partial charge < -0.3 is 9.64 Å². The molecule has 1 aromatic carbocycles. The molecule has 4 nitrogen and oxygen atoms in total.